The zero-order valence-electron chi connectivity index (χ0n) is 11.7. The molecule has 2 N–H and O–H groups in total. The third-order valence-electron chi connectivity index (χ3n) is 3.12. The van der Waals surface area contributed by atoms with Gasteiger partial charge in [-0.2, -0.15) is 0 Å². The van der Waals surface area contributed by atoms with E-state index in [2.05, 4.69) is 10.6 Å². The monoisotopic (exact) mass is 320 g/mol. The van der Waals surface area contributed by atoms with Crippen molar-refractivity contribution >= 4 is 18.3 Å². The number of alkyl halides is 2. The first kappa shape index (κ1) is 17.7. The molecule has 0 spiro atoms. The van der Waals surface area contributed by atoms with E-state index >= 15 is 0 Å². The summed E-state index contributed by atoms with van der Waals surface area (Å²) >= 11 is 0. The summed E-state index contributed by atoms with van der Waals surface area (Å²) in [6, 6.07) is 6.73. The second kappa shape index (κ2) is 7.56. The van der Waals surface area contributed by atoms with Crippen molar-refractivity contribution in [3.63, 3.8) is 0 Å². The molecule has 0 radical (unpaired) electrons. The van der Waals surface area contributed by atoms with Crippen LogP contribution in [0.3, 0.4) is 0 Å². The quantitative estimate of drug-likeness (QED) is 0.815. The van der Waals surface area contributed by atoms with E-state index in [9.17, 15) is 13.6 Å². The van der Waals surface area contributed by atoms with Gasteiger partial charge in [-0.1, -0.05) is 17.7 Å². The third kappa shape index (κ3) is 5.47. The minimum Gasteiger partial charge on any atom is -0.492 e. The van der Waals surface area contributed by atoms with Crippen molar-refractivity contribution in [2.45, 2.75) is 25.3 Å². The van der Waals surface area contributed by atoms with Crippen molar-refractivity contribution in [3.05, 3.63) is 29.8 Å². The maximum Gasteiger partial charge on any atom is 0.262 e. The van der Waals surface area contributed by atoms with Gasteiger partial charge in [-0.25, -0.2) is 8.78 Å². The van der Waals surface area contributed by atoms with Gasteiger partial charge in [0.1, 0.15) is 12.4 Å². The van der Waals surface area contributed by atoms with Gasteiger partial charge in [-0.3, -0.25) is 10.1 Å². The molecule has 1 aliphatic heterocycles. The fourth-order valence-corrected chi connectivity index (χ4v) is 2.00. The standard InChI is InChI=1S/C14H18F2N2O2.ClH/c1-10-2-4-11(5-3-10)20-7-6-17-13(19)12-8-14(15,16)9-18-12;/h2-5,12,18H,6-9H2,1H3,(H,17,19);1H. The fraction of sp³-hybridized carbons (Fsp3) is 0.500. The van der Waals surface area contributed by atoms with Crippen LogP contribution in [0.4, 0.5) is 8.78 Å². The van der Waals surface area contributed by atoms with Crippen molar-refractivity contribution in [1.29, 1.82) is 0 Å². The molecule has 0 aliphatic carbocycles. The van der Waals surface area contributed by atoms with Crippen LogP contribution in [0.2, 0.25) is 0 Å². The third-order valence-corrected chi connectivity index (χ3v) is 3.12. The molecule has 0 saturated carbocycles. The topological polar surface area (TPSA) is 50.4 Å². The molecular formula is C14H19ClF2N2O2. The van der Waals surface area contributed by atoms with E-state index in [1.54, 1.807) is 0 Å². The number of hydrogen-bond acceptors (Lipinski definition) is 3. The maximum absolute atomic E-state index is 12.9. The zero-order valence-corrected chi connectivity index (χ0v) is 12.5. The summed E-state index contributed by atoms with van der Waals surface area (Å²) in [7, 11) is 0. The van der Waals surface area contributed by atoms with Gasteiger partial charge in [-0.05, 0) is 19.1 Å². The van der Waals surface area contributed by atoms with Crippen molar-refractivity contribution in [2.75, 3.05) is 19.7 Å². The molecule has 1 saturated heterocycles. The SMILES string of the molecule is Cc1ccc(OCCNC(=O)C2CC(F)(F)CN2)cc1.Cl. The summed E-state index contributed by atoms with van der Waals surface area (Å²) in [6.07, 6.45) is -0.447. The van der Waals surface area contributed by atoms with Crippen molar-refractivity contribution in [2.24, 2.45) is 0 Å². The lowest BCUT2D eigenvalue weighted by Crippen LogP contribution is -2.41. The molecule has 4 nitrogen and oxygen atoms in total. The Balaban J connectivity index is 0.00000220. The Morgan fingerprint density at radius 1 is 1.43 bits per heavy atom. The maximum atomic E-state index is 12.9. The van der Waals surface area contributed by atoms with E-state index in [0.717, 1.165) is 11.3 Å². The van der Waals surface area contributed by atoms with Crippen LogP contribution >= 0.6 is 12.4 Å². The van der Waals surface area contributed by atoms with Gasteiger partial charge in [0.05, 0.1) is 19.1 Å². The molecule has 1 atom stereocenters. The van der Waals surface area contributed by atoms with E-state index in [4.69, 9.17) is 4.74 Å². The van der Waals surface area contributed by atoms with Gasteiger partial charge in [0.15, 0.2) is 0 Å². The van der Waals surface area contributed by atoms with E-state index in [1.807, 2.05) is 31.2 Å². The van der Waals surface area contributed by atoms with Crippen LogP contribution in [0.5, 0.6) is 5.75 Å². The van der Waals surface area contributed by atoms with Crippen LogP contribution in [0, 0.1) is 6.92 Å². The predicted octanol–water partition coefficient (Wildman–Crippen LogP) is 1.91. The highest BCUT2D eigenvalue weighted by Gasteiger charge is 2.42. The lowest BCUT2D eigenvalue weighted by Gasteiger charge is -2.12. The molecule has 1 unspecified atom stereocenters. The second-order valence-corrected chi connectivity index (χ2v) is 4.95. The summed E-state index contributed by atoms with van der Waals surface area (Å²) in [6.45, 7) is 2.13. The number of nitrogens with one attached hydrogen (secondary N) is 2. The van der Waals surface area contributed by atoms with E-state index < -0.39 is 30.8 Å². The Bertz CT molecular complexity index is 469. The van der Waals surface area contributed by atoms with E-state index in [-0.39, 0.29) is 19.0 Å². The van der Waals surface area contributed by atoms with Crippen LogP contribution in [-0.4, -0.2) is 37.6 Å². The number of amides is 1. The number of benzene rings is 1. The Morgan fingerprint density at radius 2 is 2.10 bits per heavy atom. The lowest BCUT2D eigenvalue weighted by atomic mass is 10.2. The first-order valence-electron chi connectivity index (χ1n) is 6.55. The largest absolute Gasteiger partial charge is 0.492 e. The van der Waals surface area contributed by atoms with Crippen LogP contribution < -0.4 is 15.4 Å². The molecule has 1 aliphatic rings. The molecule has 7 heteroatoms. The van der Waals surface area contributed by atoms with Crippen molar-refractivity contribution in [1.82, 2.24) is 10.6 Å². The Morgan fingerprint density at radius 3 is 2.67 bits per heavy atom. The summed E-state index contributed by atoms with van der Waals surface area (Å²) < 4.78 is 31.3. The Labute approximate surface area is 128 Å². The number of hydrogen-bond donors (Lipinski definition) is 2. The number of carbonyl (C=O) groups excluding carboxylic acids is 1. The van der Waals surface area contributed by atoms with Gasteiger partial charge >= 0.3 is 0 Å². The number of aryl methyl sites for hydroxylation is 1. The molecule has 2 rings (SSSR count). The summed E-state index contributed by atoms with van der Waals surface area (Å²) in [5, 5.41) is 5.09. The van der Waals surface area contributed by atoms with Gasteiger partial charge in [-0.15, -0.1) is 12.4 Å². The zero-order chi connectivity index (χ0) is 14.6. The molecule has 1 amide bonds. The molecule has 0 aromatic heterocycles. The second-order valence-electron chi connectivity index (χ2n) is 4.95. The normalized spacial score (nSPS) is 19.7. The van der Waals surface area contributed by atoms with E-state index in [0.29, 0.717) is 6.61 Å². The Kier molecular flexibility index (Phi) is 6.36. The summed E-state index contributed by atoms with van der Waals surface area (Å²) in [4.78, 5) is 11.6. The Hall–Kier alpha value is -1.40. The van der Waals surface area contributed by atoms with Crippen LogP contribution in [0.15, 0.2) is 24.3 Å². The van der Waals surface area contributed by atoms with Crippen LogP contribution in [0.1, 0.15) is 12.0 Å². The number of ether oxygens (including phenoxy) is 1. The summed E-state index contributed by atoms with van der Waals surface area (Å²) in [5.41, 5.74) is 1.14. The average Bonchev–Trinajstić information content (AvgIpc) is 2.77. The van der Waals surface area contributed by atoms with Crippen molar-refractivity contribution < 1.29 is 18.3 Å². The highest BCUT2D eigenvalue weighted by atomic mass is 35.5. The molecule has 1 aromatic rings. The lowest BCUT2D eigenvalue weighted by molar-refractivity contribution is -0.123. The number of rotatable bonds is 5. The molecule has 1 fully saturated rings. The van der Waals surface area contributed by atoms with Crippen molar-refractivity contribution in [3.8, 4) is 5.75 Å². The van der Waals surface area contributed by atoms with Gasteiger partial charge < -0.3 is 10.1 Å². The first-order chi connectivity index (χ1) is 9.46. The first-order valence-corrected chi connectivity index (χ1v) is 6.55. The van der Waals surface area contributed by atoms with Crippen LogP contribution in [0.25, 0.3) is 0 Å². The predicted molar refractivity (Wildman–Crippen MR) is 78.3 cm³/mol. The fourth-order valence-electron chi connectivity index (χ4n) is 2.00. The molecule has 0 bridgehead atoms. The van der Waals surface area contributed by atoms with Gasteiger partial charge in [0.25, 0.3) is 5.92 Å². The molecule has 1 heterocycles. The molecule has 1 aromatic carbocycles. The van der Waals surface area contributed by atoms with Crippen LogP contribution in [-0.2, 0) is 4.79 Å². The van der Waals surface area contributed by atoms with Gasteiger partial charge in [0, 0.05) is 6.42 Å². The molecular weight excluding hydrogens is 302 g/mol. The minimum absolute atomic E-state index is 0. The average molecular weight is 321 g/mol. The smallest absolute Gasteiger partial charge is 0.262 e. The minimum atomic E-state index is -2.79. The highest BCUT2D eigenvalue weighted by molar-refractivity contribution is 5.85. The summed E-state index contributed by atoms with van der Waals surface area (Å²) in [5.74, 6) is -2.48. The highest BCUT2D eigenvalue weighted by Crippen LogP contribution is 2.24. The number of carbonyl (C=O) groups is 1. The molecule has 21 heavy (non-hydrogen) atoms. The number of halogens is 3. The van der Waals surface area contributed by atoms with Gasteiger partial charge in [0.2, 0.25) is 5.91 Å². The van der Waals surface area contributed by atoms with E-state index in [1.165, 1.54) is 0 Å². The molecule has 118 valence electrons.